The standard InChI is InChI=1S/C14H26N2O4S/c1-16-8-6-11(7-9-16)10-15-21(18,19)13-5-3-4-12(13)14(17)20-2/h11-13,15H,3-10H2,1-2H3. The Morgan fingerprint density at radius 2 is 1.90 bits per heavy atom. The van der Waals surface area contributed by atoms with Gasteiger partial charge in [0.15, 0.2) is 0 Å². The van der Waals surface area contributed by atoms with Crippen LogP contribution in [0.3, 0.4) is 0 Å². The summed E-state index contributed by atoms with van der Waals surface area (Å²) >= 11 is 0. The van der Waals surface area contributed by atoms with E-state index in [0.717, 1.165) is 32.4 Å². The second kappa shape index (κ2) is 7.07. The SMILES string of the molecule is COC(=O)C1CCCC1S(=O)(=O)NCC1CCN(C)CC1. The number of nitrogens with one attached hydrogen (secondary N) is 1. The van der Waals surface area contributed by atoms with Crippen LogP contribution in [-0.4, -0.2) is 58.3 Å². The number of nitrogens with zero attached hydrogens (tertiary/aromatic N) is 1. The summed E-state index contributed by atoms with van der Waals surface area (Å²) < 4.78 is 32.4. The molecule has 2 unspecified atom stereocenters. The lowest BCUT2D eigenvalue weighted by Crippen LogP contribution is -2.43. The molecule has 2 atom stereocenters. The van der Waals surface area contributed by atoms with E-state index in [4.69, 9.17) is 4.74 Å². The molecule has 1 saturated carbocycles. The number of carbonyl (C=O) groups is 1. The second-order valence-electron chi connectivity index (χ2n) is 6.24. The number of likely N-dealkylation sites (tertiary alicyclic amines) is 1. The lowest BCUT2D eigenvalue weighted by atomic mass is 9.98. The van der Waals surface area contributed by atoms with Crippen molar-refractivity contribution in [2.24, 2.45) is 11.8 Å². The summed E-state index contributed by atoms with van der Waals surface area (Å²) in [6.07, 6.45) is 3.95. The molecular formula is C14H26N2O4S. The topological polar surface area (TPSA) is 75.7 Å². The molecule has 6 nitrogen and oxygen atoms in total. The van der Waals surface area contributed by atoms with Crippen molar-refractivity contribution in [1.29, 1.82) is 0 Å². The van der Waals surface area contributed by atoms with E-state index >= 15 is 0 Å². The first-order valence-electron chi connectivity index (χ1n) is 7.69. The van der Waals surface area contributed by atoms with Crippen LogP contribution < -0.4 is 4.72 Å². The molecule has 2 rings (SSSR count). The Kier molecular flexibility index (Phi) is 5.62. The maximum atomic E-state index is 12.4. The van der Waals surface area contributed by atoms with Crippen LogP contribution in [-0.2, 0) is 19.6 Å². The van der Waals surface area contributed by atoms with E-state index in [0.29, 0.717) is 25.3 Å². The van der Waals surface area contributed by atoms with Gasteiger partial charge in [0.2, 0.25) is 10.0 Å². The average molecular weight is 318 g/mol. The molecule has 0 spiro atoms. The van der Waals surface area contributed by atoms with Gasteiger partial charge in [-0.3, -0.25) is 4.79 Å². The van der Waals surface area contributed by atoms with Crippen LogP contribution in [0.25, 0.3) is 0 Å². The number of sulfonamides is 1. The molecule has 122 valence electrons. The number of esters is 1. The minimum absolute atomic E-state index is 0.397. The molecule has 1 heterocycles. The first-order valence-corrected chi connectivity index (χ1v) is 9.23. The molecule has 0 aromatic rings. The Morgan fingerprint density at radius 1 is 1.24 bits per heavy atom. The van der Waals surface area contributed by atoms with Gasteiger partial charge in [0.25, 0.3) is 0 Å². The third-order valence-corrected chi connectivity index (χ3v) is 6.70. The zero-order valence-electron chi connectivity index (χ0n) is 12.9. The van der Waals surface area contributed by atoms with Gasteiger partial charge in [-0.1, -0.05) is 6.42 Å². The molecule has 7 heteroatoms. The molecule has 1 aliphatic heterocycles. The van der Waals surface area contributed by atoms with E-state index in [-0.39, 0.29) is 0 Å². The first-order chi connectivity index (χ1) is 9.94. The monoisotopic (exact) mass is 318 g/mol. The van der Waals surface area contributed by atoms with Gasteiger partial charge < -0.3 is 9.64 Å². The van der Waals surface area contributed by atoms with Gasteiger partial charge in [0.1, 0.15) is 0 Å². The number of methoxy groups -OCH3 is 1. The number of hydrogen-bond acceptors (Lipinski definition) is 5. The zero-order valence-corrected chi connectivity index (χ0v) is 13.7. The van der Waals surface area contributed by atoms with E-state index in [1.54, 1.807) is 0 Å². The Hall–Kier alpha value is -0.660. The summed E-state index contributed by atoms with van der Waals surface area (Å²) in [7, 11) is -0.0427. The molecule has 0 aromatic carbocycles. The lowest BCUT2D eigenvalue weighted by Gasteiger charge is -2.29. The maximum absolute atomic E-state index is 12.4. The third kappa shape index (κ3) is 4.17. The van der Waals surface area contributed by atoms with Gasteiger partial charge in [-0.25, -0.2) is 13.1 Å². The highest BCUT2D eigenvalue weighted by molar-refractivity contribution is 7.90. The summed E-state index contributed by atoms with van der Waals surface area (Å²) in [5.74, 6) is -0.513. The molecular weight excluding hydrogens is 292 g/mol. The van der Waals surface area contributed by atoms with Crippen LogP contribution in [0.4, 0.5) is 0 Å². The van der Waals surface area contributed by atoms with Crippen LogP contribution in [0.15, 0.2) is 0 Å². The lowest BCUT2D eigenvalue weighted by molar-refractivity contribution is -0.145. The van der Waals surface area contributed by atoms with E-state index < -0.39 is 27.2 Å². The van der Waals surface area contributed by atoms with Crippen molar-refractivity contribution in [1.82, 2.24) is 9.62 Å². The van der Waals surface area contributed by atoms with Gasteiger partial charge in [-0.05, 0) is 51.7 Å². The van der Waals surface area contributed by atoms with E-state index in [9.17, 15) is 13.2 Å². The molecule has 1 aliphatic carbocycles. The predicted octanol–water partition coefficient (Wildman–Crippen LogP) is 0.589. The maximum Gasteiger partial charge on any atom is 0.310 e. The summed E-state index contributed by atoms with van der Waals surface area (Å²) in [5, 5.41) is -0.629. The van der Waals surface area contributed by atoms with Crippen molar-refractivity contribution in [3.63, 3.8) is 0 Å². The molecule has 1 N–H and O–H groups in total. The van der Waals surface area contributed by atoms with Gasteiger partial charge >= 0.3 is 5.97 Å². The Balaban J connectivity index is 1.90. The van der Waals surface area contributed by atoms with Crippen LogP contribution >= 0.6 is 0 Å². The minimum Gasteiger partial charge on any atom is -0.469 e. The fourth-order valence-corrected chi connectivity index (χ4v) is 5.16. The number of rotatable bonds is 5. The zero-order chi connectivity index (χ0) is 15.5. The number of carbonyl (C=O) groups excluding carboxylic acids is 1. The van der Waals surface area contributed by atoms with Crippen molar-refractivity contribution >= 4 is 16.0 Å². The number of piperidine rings is 1. The Labute approximate surface area is 127 Å². The largest absolute Gasteiger partial charge is 0.469 e. The smallest absolute Gasteiger partial charge is 0.310 e. The number of ether oxygens (including phenoxy) is 1. The molecule has 0 bridgehead atoms. The van der Waals surface area contributed by atoms with Crippen molar-refractivity contribution in [3.8, 4) is 0 Å². The quantitative estimate of drug-likeness (QED) is 0.751. The molecule has 2 fully saturated rings. The van der Waals surface area contributed by atoms with E-state index in [1.165, 1.54) is 7.11 Å². The van der Waals surface area contributed by atoms with Gasteiger partial charge in [-0.2, -0.15) is 0 Å². The van der Waals surface area contributed by atoms with Gasteiger partial charge in [0.05, 0.1) is 18.3 Å². The molecule has 0 radical (unpaired) electrons. The normalized spacial score (nSPS) is 28.7. The summed E-state index contributed by atoms with van der Waals surface area (Å²) in [6, 6.07) is 0. The van der Waals surface area contributed by atoms with Crippen molar-refractivity contribution in [2.75, 3.05) is 33.8 Å². The van der Waals surface area contributed by atoms with Crippen LogP contribution in [0.5, 0.6) is 0 Å². The molecule has 0 amide bonds. The van der Waals surface area contributed by atoms with Crippen molar-refractivity contribution < 1.29 is 17.9 Å². The molecule has 21 heavy (non-hydrogen) atoms. The molecule has 2 aliphatic rings. The molecule has 1 saturated heterocycles. The fourth-order valence-electron chi connectivity index (χ4n) is 3.33. The predicted molar refractivity (Wildman–Crippen MR) is 80.3 cm³/mol. The summed E-state index contributed by atoms with van der Waals surface area (Å²) in [5.41, 5.74) is 0. The summed E-state index contributed by atoms with van der Waals surface area (Å²) in [4.78, 5) is 14.0. The average Bonchev–Trinajstić information content (AvgIpc) is 2.96. The van der Waals surface area contributed by atoms with E-state index in [1.807, 2.05) is 0 Å². The van der Waals surface area contributed by atoms with Crippen LogP contribution in [0.2, 0.25) is 0 Å². The fraction of sp³-hybridized carbons (Fsp3) is 0.929. The minimum atomic E-state index is -3.44. The van der Waals surface area contributed by atoms with E-state index in [2.05, 4.69) is 16.7 Å². The van der Waals surface area contributed by atoms with Crippen molar-refractivity contribution in [2.45, 2.75) is 37.4 Å². The number of hydrogen-bond donors (Lipinski definition) is 1. The van der Waals surface area contributed by atoms with Gasteiger partial charge in [-0.15, -0.1) is 0 Å². The molecule has 0 aromatic heterocycles. The van der Waals surface area contributed by atoms with Crippen molar-refractivity contribution in [3.05, 3.63) is 0 Å². The Morgan fingerprint density at radius 3 is 2.52 bits per heavy atom. The summed E-state index contributed by atoms with van der Waals surface area (Å²) in [6.45, 7) is 2.52. The van der Waals surface area contributed by atoms with Crippen LogP contribution in [0.1, 0.15) is 32.1 Å². The Bertz CT molecular complexity index is 458. The third-order valence-electron chi connectivity index (χ3n) is 4.77. The highest BCUT2D eigenvalue weighted by Crippen LogP contribution is 2.31. The first kappa shape index (κ1) is 16.7. The highest BCUT2D eigenvalue weighted by Gasteiger charge is 2.42. The van der Waals surface area contributed by atoms with Crippen LogP contribution in [0, 0.1) is 11.8 Å². The van der Waals surface area contributed by atoms with Gasteiger partial charge in [0, 0.05) is 6.54 Å². The highest BCUT2D eigenvalue weighted by atomic mass is 32.2. The second-order valence-corrected chi connectivity index (χ2v) is 8.22.